The second-order valence-electron chi connectivity index (χ2n) is 10.2. The van der Waals surface area contributed by atoms with E-state index >= 15 is 0 Å². The van der Waals surface area contributed by atoms with Gasteiger partial charge < -0.3 is 9.32 Å². The molecule has 0 amide bonds. The fourth-order valence-corrected chi connectivity index (χ4v) is 7.03. The topological polar surface area (TPSA) is 16.4 Å². The fourth-order valence-electron chi connectivity index (χ4n) is 5.91. The molecule has 0 aliphatic heterocycles. The number of thiophene rings is 1. The van der Waals surface area contributed by atoms with Crippen LogP contribution in [0.3, 0.4) is 0 Å². The zero-order valence-electron chi connectivity index (χ0n) is 32.4. The summed E-state index contributed by atoms with van der Waals surface area (Å²) in [4.78, 5) is 1.18. The van der Waals surface area contributed by atoms with Crippen LogP contribution in [0.1, 0.15) is 13.7 Å². The van der Waals surface area contributed by atoms with Gasteiger partial charge in [-0.1, -0.05) is 96.9 Å². The molecule has 0 radical (unpaired) electrons. The number of benzene rings is 7. The first-order valence-electron chi connectivity index (χ1n) is 18.7. The first-order chi connectivity index (χ1) is 25.5. The Kier molecular flexibility index (Phi) is 3.64. The summed E-state index contributed by atoms with van der Waals surface area (Å²) in [6, 6.07) is 23.9. The molecule has 202 valence electrons. The highest BCUT2D eigenvalue weighted by molar-refractivity contribution is 7.25. The molecule has 0 aliphatic rings. The standard InChI is InChI=1S/C40H25NOS/c1-3-11-28(12-4-1)41(29-13-5-2-6-14-29)30-20-23-37-36(25-30)33-21-19-27(24-38(33)43-37)32-16-9-17-34-35-22-18-26-10-7-8-15-31(26)39(35)42-40(32)34/h1-25H/i1D,2D,3D,4D,5D,6D,11D,12D,13D,14D. The molecular formula is C40H25NOS. The van der Waals surface area contributed by atoms with Crippen LogP contribution in [0.2, 0.25) is 0 Å². The van der Waals surface area contributed by atoms with Crippen molar-refractivity contribution in [2.45, 2.75) is 0 Å². The van der Waals surface area contributed by atoms with Crippen molar-refractivity contribution in [2.24, 2.45) is 0 Å². The first kappa shape index (κ1) is 16.3. The van der Waals surface area contributed by atoms with Gasteiger partial charge in [0.05, 0.1) is 13.7 Å². The van der Waals surface area contributed by atoms with Gasteiger partial charge in [0.1, 0.15) is 11.2 Å². The molecule has 43 heavy (non-hydrogen) atoms. The van der Waals surface area contributed by atoms with Crippen molar-refractivity contribution >= 4 is 81.3 Å². The number of furan rings is 1. The van der Waals surface area contributed by atoms with Crippen LogP contribution in [0.4, 0.5) is 17.1 Å². The number of nitrogens with zero attached hydrogens (tertiary/aromatic N) is 1. The number of hydrogen-bond acceptors (Lipinski definition) is 3. The smallest absolute Gasteiger partial charge is 0.143 e. The molecule has 0 saturated carbocycles. The Bertz CT molecular complexity index is 2920. The lowest BCUT2D eigenvalue weighted by Gasteiger charge is -2.25. The largest absolute Gasteiger partial charge is 0.455 e. The summed E-state index contributed by atoms with van der Waals surface area (Å²) < 4.78 is 93.4. The van der Waals surface area contributed by atoms with E-state index in [4.69, 9.17) is 18.1 Å². The average Bonchev–Trinajstić information content (AvgIpc) is 3.75. The molecule has 0 bridgehead atoms. The lowest BCUT2D eigenvalue weighted by atomic mass is 10.0. The van der Waals surface area contributed by atoms with E-state index in [1.807, 2.05) is 42.5 Å². The van der Waals surface area contributed by atoms with Crippen LogP contribution >= 0.6 is 11.3 Å². The van der Waals surface area contributed by atoms with Crippen LogP contribution < -0.4 is 4.90 Å². The lowest BCUT2D eigenvalue weighted by molar-refractivity contribution is 0.674. The van der Waals surface area contributed by atoms with Gasteiger partial charge in [-0.05, 0) is 65.5 Å². The Morgan fingerprint density at radius 1 is 0.512 bits per heavy atom. The number of fused-ring (bicyclic) bond motifs is 8. The summed E-state index contributed by atoms with van der Waals surface area (Å²) in [5.74, 6) is 0. The Morgan fingerprint density at radius 2 is 1.23 bits per heavy atom. The molecule has 9 aromatic rings. The van der Waals surface area contributed by atoms with E-state index in [0.717, 1.165) is 64.0 Å². The third kappa shape index (κ3) is 3.86. The zero-order valence-corrected chi connectivity index (χ0v) is 23.2. The average molecular weight is 578 g/mol. The highest BCUT2D eigenvalue weighted by Crippen LogP contribution is 2.43. The molecule has 2 nitrogen and oxygen atoms in total. The Balaban J connectivity index is 1.25. The van der Waals surface area contributed by atoms with Gasteiger partial charge in [0, 0.05) is 59.0 Å². The van der Waals surface area contributed by atoms with E-state index in [2.05, 4.69) is 36.4 Å². The van der Waals surface area contributed by atoms with Crippen molar-refractivity contribution in [1.82, 2.24) is 0 Å². The van der Waals surface area contributed by atoms with E-state index in [9.17, 15) is 0 Å². The molecule has 2 aromatic heterocycles. The van der Waals surface area contributed by atoms with Crippen molar-refractivity contribution in [3.05, 3.63) is 151 Å². The molecule has 0 spiro atoms. The van der Waals surface area contributed by atoms with Crippen LogP contribution in [0, 0.1) is 0 Å². The Morgan fingerprint density at radius 3 is 2.05 bits per heavy atom. The van der Waals surface area contributed by atoms with E-state index in [1.54, 1.807) is 23.5 Å². The van der Waals surface area contributed by atoms with E-state index in [0.29, 0.717) is 0 Å². The highest BCUT2D eigenvalue weighted by Gasteiger charge is 2.17. The van der Waals surface area contributed by atoms with Gasteiger partial charge in [-0.15, -0.1) is 11.3 Å². The fraction of sp³-hybridized carbons (Fsp3) is 0. The van der Waals surface area contributed by atoms with Crippen molar-refractivity contribution in [2.75, 3.05) is 4.90 Å². The zero-order chi connectivity index (χ0) is 37.0. The Hall–Kier alpha value is -5.38. The molecule has 0 unspecified atom stereocenters. The molecule has 0 aliphatic carbocycles. The maximum Gasteiger partial charge on any atom is 0.143 e. The van der Waals surface area contributed by atoms with Crippen molar-refractivity contribution < 1.29 is 18.1 Å². The third-order valence-corrected chi connectivity index (χ3v) is 8.97. The van der Waals surface area contributed by atoms with Gasteiger partial charge in [0.25, 0.3) is 0 Å². The maximum absolute atomic E-state index is 8.78. The number of hydrogen-bond donors (Lipinski definition) is 0. The summed E-state index contributed by atoms with van der Waals surface area (Å²) in [6.07, 6.45) is 0. The van der Waals surface area contributed by atoms with E-state index in [-0.39, 0.29) is 17.1 Å². The van der Waals surface area contributed by atoms with Crippen LogP contribution in [0.15, 0.2) is 156 Å². The molecule has 2 heterocycles. The summed E-state index contributed by atoms with van der Waals surface area (Å²) in [5, 5.41) is 5.88. The van der Waals surface area contributed by atoms with E-state index < -0.39 is 60.4 Å². The van der Waals surface area contributed by atoms with Crippen LogP contribution in [-0.4, -0.2) is 0 Å². The maximum atomic E-state index is 8.78. The molecule has 0 fully saturated rings. The van der Waals surface area contributed by atoms with Crippen molar-refractivity contribution in [3.8, 4) is 11.1 Å². The molecule has 0 atom stereocenters. The molecule has 9 rings (SSSR count). The minimum absolute atomic E-state index is 0.262. The Labute approximate surface area is 266 Å². The quantitative estimate of drug-likeness (QED) is 0.207. The van der Waals surface area contributed by atoms with Crippen molar-refractivity contribution in [1.29, 1.82) is 0 Å². The van der Waals surface area contributed by atoms with Gasteiger partial charge in [-0.25, -0.2) is 0 Å². The van der Waals surface area contributed by atoms with Crippen molar-refractivity contribution in [3.63, 3.8) is 0 Å². The predicted octanol–water partition coefficient (Wildman–Crippen LogP) is 12.2. The normalized spacial score (nSPS) is 15.0. The van der Waals surface area contributed by atoms with E-state index in [1.165, 1.54) is 4.90 Å². The number of para-hydroxylation sites is 3. The summed E-state index contributed by atoms with van der Waals surface area (Å²) >= 11 is 1.55. The molecule has 7 aromatic carbocycles. The predicted molar refractivity (Wildman–Crippen MR) is 184 cm³/mol. The summed E-state index contributed by atoms with van der Waals surface area (Å²) in [6.45, 7) is 0. The third-order valence-electron chi connectivity index (χ3n) is 7.83. The minimum atomic E-state index is -0.611. The lowest BCUT2D eigenvalue weighted by Crippen LogP contribution is -2.09. The SMILES string of the molecule is [2H]c1c([2H])c([2H])c(N(c2ccc3sc4cc(-c5cccc6c5oc5c7ccccc7ccc65)ccc4c3c2)c2c([2H])c([2H])c([2H])c([2H])c2[2H])c([2H])c1[2H]. The molecule has 3 heteroatoms. The van der Waals surface area contributed by atoms with Crippen LogP contribution in [0.5, 0.6) is 0 Å². The van der Waals surface area contributed by atoms with Crippen LogP contribution in [0.25, 0.3) is 64.0 Å². The monoisotopic (exact) mass is 577 g/mol. The van der Waals surface area contributed by atoms with Crippen LogP contribution in [-0.2, 0) is 0 Å². The van der Waals surface area contributed by atoms with Gasteiger partial charge in [0.2, 0.25) is 0 Å². The molecule has 0 saturated heterocycles. The minimum Gasteiger partial charge on any atom is -0.455 e. The second kappa shape index (κ2) is 9.59. The number of rotatable bonds is 4. The van der Waals surface area contributed by atoms with Gasteiger partial charge in [0.15, 0.2) is 0 Å². The number of anilines is 3. The van der Waals surface area contributed by atoms with Gasteiger partial charge in [-0.2, -0.15) is 0 Å². The first-order valence-corrected chi connectivity index (χ1v) is 14.5. The second-order valence-corrected chi connectivity index (χ2v) is 11.3. The molecule has 0 N–H and O–H groups in total. The summed E-state index contributed by atoms with van der Waals surface area (Å²) in [5.41, 5.74) is 3.12. The van der Waals surface area contributed by atoms with Gasteiger partial charge in [-0.3, -0.25) is 0 Å². The highest BCUT2D eigenvalue weighted by atomic mass is 32.1. The molecular weight excluding hydrogens is 543 g/mol. The van der Waals surface area contributed by atoms with Gasteiger partial charge >= 0.3 is 0 Å². The summed E-state index contributed by atoms with van der Waals surface area (Å²) in [7, 11) is 0.